The van der Waals surface area contributed by atoms with Crippen molar-refractivity contribution in [1.29, 1.82) is 0 Å². The van der Waals surface area contributed by atoms with E-state index in [-0.39, 0.29) is 17.4 Å². The smallest absolute Gasteiger partial charge is 0.261 e. The molecule has 1 aromatic heterocycles. The summed E-state index contributed by atoms with van der Waals surface area (Å²) in [6.45, 7) is 8.41. The molecule has 0 aliphatic heterocycles. The SMILES string of the molecule is Cc1ccc(C(=O)NCC(C)(C)CC(C)O)s1. The van der Waals surface area contributed by atoms with Crippen LogP contribution in [0.5, 0.6) is 0 Å². The van der Waals surface area contributed by atoms with Gasteiger partial charge in [0.25, 0.3) is 5.91 Å². The molecule has 1 heterocycles. The average Bonchev–Trinajstić information content (AvgIpc) is 2.59. The Hall–Kier alpha value is -0.870. The fourth-order valence-electron chi connectivity index (χ4n) is 1.84. The number of carbonyl (C=O) groups excluding carboxylic acids is 1. The molecule has 0 saturated heterocycles. The van der Waals surface area contributed by atoms with Gasteiger partial charge in [0.1, 0.15) is 0 Å². The zero-order chi connectivity index (χ0) is 13.1. The summed E-state index contributed by atoms with van der Waals surface area (Å²) in [6, 6.07) is 3.79. The molecular formula is C13H21NO2S. The average molecular weight is 255 g/mol. The molecule has 0 aliphatic carbocycles. The molecule has 96 valence electrons. The third-order valence-corrected chi connectivity index (χ3v) is 3.54. The van der Waals surface area contributed by atoms with Crippen LogP contribution in [-0.4, -0.2) is 23.7 Å². The highest BCUT2D eigenvalue weighted by molar-refractivity contribution is 7.13. The van der Waals surface area contributed by atoms with Crippen LogP contribution in [0.3, 0.4) is 0 Å². The van der Waals surface area contributed by atoms with Crippen LogP contribution in [0.1, 0.15) is 41.7 Å². The number of aliphatic hydroxyl groups is 1. The number of nitrogens with one attached hydrogen (secondary N) is 1. The minimum atomic E-state index is -0.342. The summed E-state index contributed by atoms with van der Waals surface area (Å²) in [5.74, 6) is -0.0261. The Labute approximate surface area is 107 Å². The van der Waals surface area contributed by atoms with Gasteiger partial charge in [-0.2, -0.15) is 0 Å². The van der Waals surface area contributed by atoms with Crippen LogP contribution in [0.25, 0.3) is 0 Å². The van der Waals surface area contributed by atoms with Gasteiger partial charge in [0.2, 0.25) is 0 Å². The number of aryl methyl sites for hydroxylation is 1. The quantitative estimate of drug-likeness (QED) is 0.849. The number of hydrogen-bond donors (Lipinski definition) is 2. The summed E-state index contributed by atoms with van der Waals surface area (Å²) >= 11 is 1.50. The first-order valence-electron chi connectivity index (χ1n) is 5.83. The number of thiophene rings is 1. The number of aliphatic hydroxyl groups excluding tert-OH is 1. The summed E-state index contributed by atoms with van der Waals surface area (Å²) in [7, 11) is 0. The van der Waals surface area contributed by atoms with Crippen LogP contribution < -0.4 is 5.32 Å². The normalized spacial score (nSPS) is 13.5. The minimum absolute atomic E-state index is 0.0261. The summed E-state index contributed by atoms with van der Waals surface area (Å²) in [5.41, 5.74) is -0.0872. The predicted octanol–water partition coefficient (Wildman–Crippen LogP) is 2.58. The molecular weight excluding hydrogens is 234 g/mol. The molecule has 0 bridgehead atoms. The molecule has 3 nitrogen and oxygen atoms in total. The molecule has 0 spiro atoms. The number of rotatable bonds is 5. The zero-order valence-electron chi connectivity index (χ0n) is 10.9. The Morgan fingerprint density at radius 2 is 2.18 bits per heavy atom. The fraction of sp³-hybridized carbons (Fsp3) is 0.615. The van der Waals surface area contributed by atoms with Crippen molar-refractivity contribution < 1.29 is 9.90 Å². The van der Waals surface area contributed by atoms with E-state index in [0.717, 1.165) is 9.75 Å². The van der Waals surface area contributed by atoms with E-state index in [1.807, 2.05) is 32.9 Å². The minimum Gasteiger partial charge on any atom is -0.393 e. The van der Waals surface area contributed by atoms with Gasteiger partial charge < -0.3 is 10.4 Å². The van der Waals surface area contributed by atoms with Crippen molar-refractivity contribution in [2.45, 2.75) is 40.2 Å². The maximum absolute atomic E-state index is 11.8. The van der Waals surface area contributed by atoms with E-state index in [9.17, 15) is 9.90 Å². The van der Waals surface area contributed by atoms with Crippen molar-refractivity contribution in [3.8, 4) is 0 Å². The van der Waals surface area contributed by atoms with Crippen molar-refractivity contribution in [3.05, 3.63) is 21.9 Å². The first-order valence-corrected chi connectivity index (χ1v) is 6.64. The van der Waals surface area contributed by atoms with Crippen LogP contribution >= 0.6 is 11.3 Å². The lowest BCUT2D eigenvalue weighted by molar-refractivity contribution is 0.0906. The highest BCUT2D eigenvalue weighted by Crippen LogP contribution is 2.22. The van der Waals surface area contributed by atoms with Crippen molar-refractivity contribution in [3.63, 3.8) is 0 Å². The van der Waals surface area contributed by atoms with E-state index in [4.69, 9.17) is 0 Å². The third kappa shape index (κ3) is 4.88. The Morgan fingerprint density at radius 1 is 1.53 bits per heavy atom. The van der Waals surface area contributed by atoms with Crippen LogP contribution in [0.15, 0.2) is 12.1 Å². The second-order valence-corrected chi connectivity index (χ2v) is 6.60. The third-order valence-electron chi connectivity index (χ3n) is 2.54. The molecule has 4 heteroatoms. The Bertz CT molecular complexity index is 383. The molecule has 17 heavy (non-hydrogen) atoms. The van der Waals surface area contributed by atoms with Gasteiger partial charge in [-0.25, -0.2) is 0 Å². The largest absolute Gasteiger partial charge is 0.393 e. The van der Waals surface area contributed by atoms with Gasteiger partial charge in [0.15, 0.2) is 0 Å². The van der Waals surface area contributed by atoms with Gasteiger partial charge in [0, 0.05) is 11.4 Å². The molecule has 1 amide bonds. The Morgan fingerprint density at radius 3 is 2.65 bits per heavy atom. The Kier molecular flexibility index (Phi) is 4.71. The van der Waals surface area contributed by atoms with Crippen molar-refractivity contribution in [2.75, 3.05) is 6.54 Å². The van der Waals surface area contributed by atoms with E-state index in [0.29, 0.717) is 13.0 Å². The lowest BCUT2D eigenvalue weighted by Gasteiger charge is -2.26. The molecule has 1 rings (SSSR count). The van der Waals surface area contributed by atoms with Gasteiger partial charge in [-0.05, 0) is 37.8 Å². The molecule has 0 fully saturated rings. The second kappa shape index (κ2) is 5.65. The van der Waals surface area contributed by atoms with E-state index in [1.54, 1.807) is 6.92 Å². The number of hydrogen-bond acceptors (Lipinski definition) is 3. The molecule has 0 aromatic carbocycles. The van der Waals surface area contributed by atoms with Gasteiger partial charge in [-0.15, -0.1) is 11.3 Å². The topological polar surface area (TPSA) is 49.3 Å². The highest BCUT2D eigenvalue weighted by atomic mass is 32.1. The number of carbonyl (C=O) groups is 1. The highest BCUT2D eigenvalue weighted by Gasteiger charge is 2.21. The molecule has 1 aromatic rings. The van der Waals surface area contributed by atoms with Crippen molar-refractivity contribution in [2.24, 2.45) is 5.41 Å². The van der Waals surface area contributed by atoms with Crippen molar-refractivity contribution in [1.82, 2.24) is 5.32 Å². The molecule has 0 aliphatic rings. The fourth-order valence-corrected chi connectivity index (χ4v) is 2.62. The number of amides is 1. The van der Waals surface area contributed by atoms with Crippen LogP contribution in [0.4, 0.5) is 0 Å². The summed E-state index contributed by atoms with van der Waals surface area (Å²) in [4.78, 5) is 13.7. The maximum Gasteiger partial charge on any atom is 0.261 e. The molecule has 0 radical (unpaired) electrons. The summed E-state index contributed by atoms with van der Waals surface area (Å²) in [6.07, 6.45) is 0.336. The zero-order valence-corrected chi connectivity index (χ0v) is 11.7. The van der Waals surface area contributed by atoms with Crippen molar-refractivity contribution >= 4 is 17.2 Å². The monoisotopic (exact) mass is 255 g/mol. The lowest BCUT2D eigenvalue weighted by Crippen LogP contribution is -2.35. The standard InChI is InChI=1S/C13H21NO2S/c1-9(15)7-13(3,4)8-14-12(16)11-6-5-10(2)17-11/h5-6,9,15H,7-8H2,1-4H3,(H,14,16). The molecule has 1 atom stereocenters. The van der Waals surface area contributed by atoms with E-state index in [2.05, 4.69) is 5.32 Å². The molecule has 2 N–H and O–H groups in total. The van der Waals surface area contributed by atoms with Gasteiger partial charge in [-0.3, -0.25) is 4.79 Å². The van der Waals surface area contributed by atoms with E-state index in [1.165, 1.54) is 11.3 Å². The molecule has 1 unspecified atom stereocenters. The van der Waals surface area contributed by atoms with Gasteiger partial charge >= 0.3 is 0 Å². The first kappa shape index (κ1) is 14.2. The summed E-state index contributed by atoms with van der Waals surface area (Å²) < 4.78 is 0. The van der Waals surface area contributed by atoms with E-state index < -0.39 is 0 Å². The maximum atomic E-state index is 11.8. The first-order chi connectivity index (χ1) is 7.80. The van der Waals surface area contributed by atoms with Gasteiger partial charge in [-0.1, -0.05) is 13.8 Å². The van der Waals surface area contributed by atoms with Crippen LogP contribution in [0.2, 0.25) is 0 Å². The van der Waals surface area contributed by atoms with E-state index >= 15 is 0 Å². The van der Waals surface area contributed by atoms with Crippen LogP contribution in [0, 0.1) is 12.3 Å². The summed E-state index contributed by atoms with van der Waals surface area (Å²) in [5, 5.41) is 12.3. The van der Waals surface area contributed by atoms with Gasteiger partial charge in [0.05, 0.1) is 11.0 Å². The molecule has 0 saturated carbocycles. The lowest BCUT2D eigenvalue weighted by atomic mass is 9.87. The predicted molar refractivity (Wildman–Crippen MR) is 71.5 cm³/mol. The Balaban J connectivity index is 2.48. The van der Waals surface area contributed by atoms with Crippen LogP contribution in [-0.2, 0) is 0 Å². The second-order valence-electron chi connectivity index (χ2n) is 5.31.